The maximum Gasteiger partial charge on any atom is 0.274 e. The Labute approximate surface area is 191 Å². The maximum atomic E-state index is 12.9. The lowest BCUT2D eigenvalue weighted by Gasteiger charge is -2.28. The van der Waals surface area contributed by atoms with Crippen molar-refractivity contribution in [1.82, 2.24) is 19.4 Å². The molecule has 9 heteroatoms. The molecule has 1 aliphatic rings. The Balaban J connectivity index is 1.29. The van der Waals surface area contributed by atoms with Crippen LogP contribution in [0.2, 0.25) is 0 Å². The van der Waals surface area contributed by atoms with E-state index in [9.17, 15) is 4.79 Å². The Hall–Kier alpha value is -3.98. The number of amides is 1. The number of aromatic nitrogens is 4. The average Bonchev–Trinajstić information content (AvgIpc) is 3.16. The number of pyridine rings is 1. The molecule has 4 aromatic rings. The summed E-state index contributed by atoms with van der Waals surface area (Å²) in [5.74, 6) is 2.12. The summed E-state index contributed by atoms with van der Waals surface area (Å²) in [6.07, 6.45) is 1.84. The lowest BCUT2D eigenvalue weighted by atomic mass is 10.2. The number of ether oxygens (including phenoxy) is 1. The van der Waals surface area contributed by atoms with E-state index in [4.69, 9.17) is 4.74 Å². The van der Waals surface area contributed by atoms with Crippen molar-refractivity contribution in [3.05, 3.63) is 71.9 Å². The SMILES string of the molecule is Cc1nc(Nc2ccc(NC(=O)c3c(C)nc4ccccn34)cc2)cc(N2CCOCC2)n1. The summed E-state index contributed by atoms with van der Waals surface area (Å²) in [7, 11) is 0. The molecule has 2 N–H and O–H groups in total. The van der Waals surface area contributed by atoms with E-state index in [1.807, 2.05) is 68.6 Å². The number of carbonyl (C=O) groups excluding carboxylic acids is 1. The first-order valence-electron chi connectivity index (χ1n) is 10.9. The summed E-state index contributed by atoms with van der Waals surface area (Å²) in [6, 6.07) is 15.1. The van der Waals surface area contributed by atoms with Crippen LogP contribution in [0.3, 0.4) is 0 Å². The van der Waals surface area contributed by atoms with Gasteiger partial charge in [-0.2, -0.15) is 0 Å². The molecule has 1 saturated heterocycles. The molecular formula is C24H25N7O2. The van der Waals surface area contributed by atoms with Crippen molar-refractivity contribution in [2.24, 2.45) is 0 Å². The van der Waals surface area contributed by atoms with E-state index in [0.717, 1.165) is 36.1 Å². The van der Waals surface area contributed by atoms with Crippen LogP contribution in [0.5, 0.6) is 0 Å². The molecule has 168 valence electrons. The van der Waals surface area contributed by atoms with Crippen LogP contribution in [0.1, 0.15) is 22.0 Å². The molecule has 0 atom stereocenters. The van der Waals surface area contributed by atoms with Gasteiger partial charge in [0.1, 0.15) is 28.8 Å². The summed E-state index contributed by atoms with van der Waals surface area (Å²) in [5.41, 5.74) is 3.53. The van der Waals surface area contributed by atoms with Crippen molar-refractivity contribution in [2.45, 2.75) is 13.8 Å². The number of rotatable bonds is 5. The molecule has 0 radical (unpaired) electrons. The van der Waals surface area contributed by atoms with E-state index >= 15 is 0 Å². The average molecular weight is 444 g/mol. The molecule has 0 unspecified atom stereocenters. The fraction of sp³-hybridized carbons (Fsp3) is 0.250. The van der Waals surface area contributed by atoms with Crippen LogP contribution in [0, 0.1) is 13.8 Å². The topological polar surface area (TPSA) is 96.7 Å². The molecule has 1 aromatic carbocycles. The summed E-state index contributed by atoms with van der Waals surface area (Å²) < 4.78 is 7.23. The van der Waals surface area contributed by atoms with Crippen LogP contribution < -0.4 is 15.5 Å². The fourth-order valence-corrected chi connectivity index (χ4v) is 3.93. The van der Waals surface area contributed by atoms with Crippen LogP contribution in [0.4, 0.5) is 23.0 Å². The summed E-state index contributed by atoms with van der Waals surface area (Å²) in [6.45, 7) is 6.76. The number of hydrogen-bond donors (Lipinski definition) is 2. The van der Waals surface area contributed by atoms with Crippen molar-refractivity contribution in [2.75, 3.05) is 41.8 Å². The molecule has 0 saturated carbocycles. The predicted octanol–water partition coefficient (Wildman–Crippen LogP) is 3.57. The minimum atomic E-state index is -0.200. The number of anilines is 4. The second-order valence-electron chi connectivity index (χ2n) is 7.89. The van der Waals surface area contributed by atoms with Gasteiger partial charge in [0, 0.05) is 36.7 Å². The molecule has 1 fully saturated rings. The number of hydrogen-bond acceptors (Lipinski definition) is 7. The summed E-state index contributed by atoms with van der Waals surface area (Å²) >= 11 is 0. The zero-order chi connectivity index (χ0) is 22.8. The van der Waals surface area contributed by atoms with E-state index < -0.39 is 0 Å². The lowest BCUT2D eigenvalue weighted by Crippen LogP contribution is -2.36. The monoisotopic (exact) mass is 443 g/mol. The Bertz CT molecular complexity index is 1290. The minimum Gasteiger partial charge on any atom is -0.378 e. The molecule has 4 heterocycles. The number of benzene rings is 1. The quantitative estimate of drug-likeness (QED) is 0.487. The number of fused-ring (bicyclic) bond motifs is 1. The first-order valence-corrected chi connectivity index (χ1v) is 10.9. The lowest BCUT2D eigenvalue weighted by molar-refractivity contribution is 0.102. The number of imidazole rings is 1. The Kier molecular flexibility index (Phi) is 5.62. The fourth-order valence-electron chi connectivity index (χ4n) is 3.93. The molecule has 33 heavy (non-hydrogen) atoms. The van der Waals surface area contributed by atoms with E-state index in [-0.39, 0.29) is 5.91 Å². The van der Waals surface area contributed by atoms with Crippen molar-refractivity contribution in [3.63, 3.8) is 0 Å². The third-order valence-electron chi connectivity index (χ3n) is 5.49. The third-order valence-corrected chi connectivity index (χ3v) is 5.49. The van der Waals surface area contributed by atoms with Crippen LogP contribution in [-0.2, 0) is 4.74 Å². The van der Waals surface area contributed by atoms with Gasteiger partial charge in [-0.15, -0.1) is 0 Å². The van der Waals surface area contributed by atoms with Gasteiger partial charge in [0.05, 0.1) is 18.9 Å². The smallest absolute Gasteiger partial charge is 0.274 e. The summed E-state index contributed by atoms with van der Waals surface area (Å²) in [5, 5.41) is 6.29. The zero-order valence-electron chi connectivity index (χ0n) is 18.6. The number of aryl methyl sites for hydroxylation is 2. The van der Waals surface area contributed by atoms with Crippen LogP contribution in [0.15, 0.2) is 54.7 Å². The Morgan fingerprint density at radius 3 is 2.52 bits per heavy atom. The van der Waals surface area contributed by atoms with E-state index in [1.165, 1.54) is 0 Å². The van der Waals surface area contributed by atoms with E-state index in [2.05, 4.69) is 30.5 Å². The zero-order valence-corrected chi connectivity index (χ0v) is 18.6. The molecule has 0 spiro atoms. The first kappa shape index (κ1) is 20.9. The molecule has 9 nitrogen and oxygen atoms in total. The normalized spacial score (nSPS) is 13.8. The van der Waals surface area contributed by atoms with Gasteiger partial charge in [0.25, 0.3) is 5.91 Å². The molecule has 3 aromatic heterocycles. The second-order valence-corrected chi connectivity index (χ2v) is 7.89. The standard InChI is InChI=1S/C24H25N7O2/c1-16-23(31-10-4-3-5-21(31)25-16)24(32)29-19-8-6-18(7-9-19)28-20-15-22(27-17(2)26-20)30-11-13-33-14-12-30/h3-10,15H,11-14H2,1-2H3,(H,29,32)(H,26,27,28). The predicted molar refractivity (Wildman–Crippen MR) is 127 cm³/mol. The van der Waals surface area contributed by atoms with Crippen molar-refractivity contribution in [1.29, 1.82) is 0 Å². The van der Waals surface area contributed by atoms with Gasteiger partial charge in [0.2, 0.25) is 0 Å². The van der Waals surface area contributed by atoms with Crippen LogP contribution >= 0.6 is 0 Å². The summed E-state index contributed by atoms with van der Waals surface area (Å²) in [4.78, 5) is 28.6. The van der Waals surface area contributed by atoms with Crippen LogP contribution in [0.25, 0.3) is 5.65 Å². The molecule has 5 rings (SSSR count). The first-order chi connectivity index (χ1) is 16.1. The highest BCUT2D eigenvalue weighted by atomic mass is 16.5. The van der Waals surface area contributed by atoms with Gasteiger partial charge >= 0.3 is 0 Å². The van der Waals surface area contributed by atoms with E-state index in [1.54, 1.807) is 4.40 Å². The number of morpholine rings is 1. The third kappa shape index (κ3) is 4.49. The van der Waals surface area contributed by atoms with Gasteiger partial charge in [-0.25, -0.2) is 15.0 Å². The Morgan fingerprint density at radius 2 is 1.73 bits per heavy atom. The Morgan fingerprint density at radius 1 is 0.970 bits per heavy atom. The molecule has 0 bridgehead atoms. The number of carbonyl (C=O) groups is 1. The highest BCUT2D eigenvalue weighted by Gasteiger charge is 2.17. The van der Waals surface area contributed by atoms with Crippen LogP contribution in [-0.4, -0.2) is 51.6 Å². The van der Waals surface area contributed by atoms with Gasteiger partial charge < -0.3 is 20.3 Å². The molecule has 1 aliphatic heterocycles. The highest BCUT2D eigenvalue weighted by molar-refractivity contribution is 6.04. The minimum absolute atomic E-state index is 0.200. The molecule has 1 amide bonds. The van der Waals surface area contributed by atoms with Gasteiger partial charge in [0.15, 0.2) is 0 Å². The largest absolute Gasteiger partial charge is 0.378 e. The molecule has 0 aliphatic carbocycles. The molecular weight excluding hydrogens is 418 g/mol. The van der Waals surface area contributed by atoms with Crippen molar-refractivity contribution >= 4 is 34.6 Å². The number of nitrogens with zero attached hydrogens (tertiary/aromatic N) is 5. The maximum absolute atomic E-state index is 12.9. The number of nitrogens with one attached hydrogen (secondary N) is 2. The van der Waals surface area contributed by atoms with Crippen molar-refractivity contribution in [3.8, 4) is 0 Å². The second kappa shape index (κ2) is 8.87. The van der Waals surface area contributed by atoms with Gasteiger partial charge in [-0.05, 0) is 50.2 Å². The highest BCUT2D eigenvalue weighted by Crippen LogP contribution is 2.22. The van der Waals surface area contributed by atoms with Gasteiger partial charge in [-0.3, -0.25) is 9.20 Å². The van der Waals surface area contributed by atoms with E-state index in [0.29, 0.717) is 36.1 Å². The van der Waals surface area contributed by atoms with Crippen molar-refractivity contribution < 1.29 is 9.53 Å². The van der Waals surface area contributed by atoms with Gasteiger partial charge in [-0.1, -0.05) is 6.07 Å².